The number of benzene rings is 2. The van der Waals surface area contributed by atoms with Gasteiger partial charge in [-0.25, -0.2) is 4.39 Å². The van der Waals surface area contributed by atoms with Gasteiger partial charge >= 0.3 is 5.97 Å². The molecule has 0 amide bonds. The molecular formula is C24H29FN2O3. The van der Waals surface area contributed by atoms with Gasteiger partial charge in [0.15, 0.2) is 5.78 Å². The van der Waals surface area contributed by atoms with Crippen molar-refractivity contribution in [3.63, 3.8) is 0 Å². The van der Waals surface area contributed by atoms with Gasteiger partial charge in [-0.3, -0.25) is 14.5 Å². The molecule has 2 aromatic carbocycles. The van der Waals surface area contributed by atoms with Crippen LogP contribution >= 0.6 is 0 Å². The Kier molecular flexibility index (Phi) is 6.56. The van der Waals surface area contributed by atoms with E-state index in [0.29, 0.717) is 31.7 Å². The first-order valence-electron chi connectivity index (χ1n) is 10.3. The van der Waals surface area contributed by atoms with E-state index in [-0.39, 0.29) is 23.4 Å². The van der Waals surface area contributed by atoms with Crippen molar-refractivity contribution in [2.75, 3.05) is 31.1 Å². The number of carbonyl (C=O) groups is 2. The smallest absolute Gasteiger partial charge is 0.321 e. The zero-order valence-electron chi connectivity index (χ0n) is 17.8. The molecule has 2 aromatic rings. The molecule has 1 unspecified atom stereocenters. The number of anilines is 1. The van der Waals surface area contributed by atoms with Crippen molar-refractivity contribution in [2.45, 2.75) is 38.6 Å². The van der Waals surface area contributed by atoms with Crippen LogP contribution in [0.15, 0.2) is 48.5 Å². The number of ketones is 1. The summed E-state index contributed by atoms with van der Waals surface area (Å²) in [5.74, 6) is -1.42. The Morgan fingerprint density at radius 2 is 1.53 bits per heavy atom. The van der Waals surface area contributed by atoms with Gasteiger partial charge in [0, 0.05) is 43.9 Å². The van der Waals surface area contributed by atoms with Crippen LogP contribution in [0.1, 0.15) is 43.1 Å². The molecule has 0 spiro atoms. The molecule has 0 aromatic heterocycles. The molecule has 3 rings (SSSR count). The van der Waals surface area contributed by atoms with E-state index >= 15 is 0 Å². The third-order valence-corrected chi connectivity index (χ3v) is 5.68. The number of carboxylic acid groups (broad SMARTS) is 1. The molecule has 1 heterocycles. The first-order chi connectivity index (χ1) is 14.1. The number of nitrogens with zero attached hydrogens (tertiary/aromatic N) is 2. The van der Waals surface area contributed by atoms with Crippen LogP contribution in [0.2, 0.25) is 0 Å². The largest absolute Gasteiger partial charge is 0.480 e. The number of Topliss-reactive ketones (excluding diaryl/α,β-unsaturated/α-hetero) is 1. The Balaban J connectivity index is 1.63. The summed E-state index contributed by atoms with van der Waals surface area (Å²) in [5, 5.41) is 9.74. The molecule has 0 bridgehead atoms. The van der Waals surface area contributed by atoms with Crippen LogP contribution in [0.4, 0.5) is 10.1 Å². The second-order valence-corrected chi connectivity index (χ2v) is 8.81. The summed E-state index contributed by atoms with van der Waals surface area (Å²) >= 11 is 0. The molecule has 160 valence electrons. The lowest BCUT2D eigenvalue weighted by Gasteiger charge is -2.38. The van der Waals surface area contributed by atoms with E-state index in [1.54, 1.807) is 24.3 Å². The number of piperazine rings is 1. The van der Waals surface area contributed by atoms with Crippen LogP contribution in [0, 0.1) is 5.82 Å². The molecular weight excluding hydrogens is 383 g/mol. The maximum absolute atomic E-state index is 13.1. The van der Waals surface area contributed by atoms with Crippen molar-refractivity contribution >= 4 is 17.4 Å². The summed E-state index contributed by atoms with van der Waals surface area (Å²) < 4.78 is 13.1. The van der Waals surface area contributed by atoms with E-state index < -0.39 is 12.0 Å². The number of carbonyl (C=O) groups excluding carboxylic acids is 1. The SMILES string of the molecule is CC(C)(C)c1ccc(C(=O)CC(C(=O)O)N2CCN(c3ccc(F)cc3)CC2)cc1. The van der Waals surface area contributed by atoms with Gasteiger partial charge in [-0.05, 0) is 35.2 Å². The summed E-state index contributed by atoms with van der Waals surface area (Å²) in [6.45, 7) is 8.64. The molecule has 0 aliphatic carbocycles. The van der Waals surface area contributed by atoms with E-state index in [4.69, 9.17) is 0 Å². The highest BCUT2D eigenvalue weighted by Gasteiger charge is 2.31. The number of hydrogen-bond donors (Lipinski definition) is 1. The molecule has 1 saturated heterocycles. The van der Waals surface area contributed by atoms with E-state index in [1.807, 2.05) is 17.0 Å². The Morgan fingerprint density at radius 3 is 2.03 bits per heavy atom. The lowest BCUT2D eigenvalue weighted by atomic mass is 9.86. The van der Waals surface area contributed by atoms with Gasteiger partial charge in [0.2, 0.25) is 0 Å². The number of halogens is 1. The van der Waals surface area contributed by atoms with E-state index in [2.05, 4.69) is 25.7 Å². The molecule has 1 atom stereocenters. The topological polar surface area (TPSA) is 60.9 Å². The molecule has 6 heteroatoms. The number of hydrogen-bond acceptors (Lipinski definition) is 4. The summed E-state index contributed by atoms with van der Waals surface area (Å²) in [6.07, 6.45) is -0.0548. The summed E-state index contributed by atoms with van der Waals surface area (Å²) in [7, 11) is 0. The van der Waals surface area contributed by atoms with Crippen molar-refractivity contribution in [2.24, 2.45) is 0 Å². The zero-order valence-corrected chi connectivity index (χ0v) is 17.8. The monoisotopic (exact) mass is 412 g/mol. The molecule has 30 heavy (non-hydrogen) atoms. The maximum Gasteiger partial charge on any atom is 0.321 e. The Labute approximate surface area is 177 Å². The van der Waals surface area contributed by atoms with E-state index in [1.165, 1.54) is 12.1 Å². The van der Waals surface area contributed by atoms with Gasteiger partial charge in [0.1, 0.15) is 11.9 Å². The summed E-state index contributed by atoms with van der Waals surface area (Å²) in [6, 6.07) is 12.9. The molecule has 1 N–H and O–H groups in total. The van der Waals surface area contributed by atoms with Crippen LogP contribution in [0.25, 0.3) is 0 Å². The predicted octanol–water partition coefficient (Wildman–Crippen LogP) is 3.97. The molecule has 1 aliphatic heterocycles. The van der Waals surface area contributed by atoms with Crippen LogP contribution in [0.5, 0.6) is 0 Å². The molecule has 0 radical (unpaired) electrons. The van der Waals surface area contributed by atoms with Crippen molar-refractivity contribution in [3.8, 4) is 0 Å². The Morgan fingerprint density at radius 1 is 0.967 bits per heavy atom. The molecule has 1 fully saturated rings. The van der Waals surface area contributed by atoms with Crippen LogP contribution in [-0.2, 0) is 10.2 Å². The zero-order chi connectivity index (χ0) is 21.9. The van der Waals surface area contributed by atoms with Crippen LogP contribution < -0.4 is 4.90 Å². The van der Waals surface area contributed by atoms with Gasteiger partial charge in [0.05, 0.1) is 0 Å². The lowest BCUT2D eigenvalue weighted by Crippen LogP contribution is -2.53. The Bertz CT molecular complexity index is 880. The molecule has 5 nitrogen and oxygen atoms in total. The average molecular weight is 413 g/mol. The quantitative estimate of drug-likeness (QED) is 0.728. The minimum absolute atomic E-state index is 0.00459. The van der Waals surface area contributed by atoms with Crippen molar-refractivity contribution < 1.29 is 19.1 Å². The summed E-state index contributed by atoms with van der Waals surface area (Å²) in [4.78, 5) is 28.6. The first-order valence-corrected chi connectivity index (χ1v) is 10.3. The third kappa shape index (κ3) is 5.25. The van der Waals surface area contributed by atoms with Gasteiger partial charge in [-0.1, -0.05) is 45.0 Å². The average Bonchev–Trinajstić information content (AvgIpc) is 2.72. The minimum Gasteiger partial charge on any atom is -0.480 e. The molecule has 1 aliphatic rings. The summed E-state index contributed by atoms with van der Waals surface area (Å²) in [5.41, 5.74) is 2.58. The fourth-order valence-electron chi connectivity index (χ4n) is 3.77. The second-order valence-electron chi connectivity index (χ2n) is 8.81. The molecule has 0 saturated carbocycles. The standard InChI is InChI=1S/C24H29FN2O3/c1-24(2,3)18-6-4-17(5-7-18)22(28)16-21(23(29)30)27-14-12-26(13-15-27)20-10-8-19(25)9-11-20/h4-11,21H,12-16H2,1-3H3,(H,29,30). The van der Waals surface area contributed by atoms with Gasteiger partial charge in [-0.15, -0.1) is 0 Å². The fraction of sp³-hybridized carbons (Fsp3) is 0.417. The lowest BCUT2D eigenvalue weighted by molar-refractivity contribution is -0.143. The highest BCUT2D eigenvalue weighted by atomic mass is 19.1. The Hall–Kier alpha value is -2.73. The minimum atomic E-state index is -0.982. The second kappa shape index (κ2) is 8.96. The van der Waals surface area contributed by atoms with Gasteiger partial charge in [0.25, 0.3) is 0 Å². The van der Waals surface area contributed by atoms with E-state index in [0.717, 1.165) is 11.3 Å². The van der Waals surface area contributed by atoms with Crippen molar-refractivity contribution in [3.05, 3.63) is 65.5 Å². The number of rotatable bonds is 6. The van der Waals surface area contributed by atoms with E-state index in [9.17, 15) is 19.1 Å². The maximum atomic E-state index is 13.1. The highest BCUT2D eigenvalue weighted by Crippen LogP contribution is 2.23. The predicted molar refractivity (Wildman–Crippen MR) is 116 cm³/mol. The number of aliphatic carboxylic acids is 1. The third-order valence-electron chi connectivity index (χ3n) is 5.68. The highest BCUT2D eigenvalue weighted by molar-refractivity contribution is 5.98. The van der Waals surface area contributed by atoms with Gasteiger partial charge in [-0.2, -0.15) is 0 Å². The van der Waals surface area contributed by atoms with Gasteiger partial charge < -0.3 is 10.0 Å². The first kappa shape index (κ1) is 22.0. The van der Waals surface area contributed by atoms with Crippen LogP contribution in [-0.4, -0.2) is 54.0 Å². The fourth-order valence-corrected chi connectivity index (χ4v) is 3.77. The van der Waals surface area contributed by atoms with Crippen molar-refractivity contribution in [1.29, 1.82) is 0 Å². The van der Waals surface area contributed by atoms with Crippen LogP contribution in [0.3, 0.4) is 0 Å². The van der Waals surface area contributed by atoms with Crippen molar-refractivity contribution in [1.82, 2.24) is 4.90 Å². The number of carboxylic acids is 1. The normalized spacial score (nSPS) is 16.3.